The van der Waals surface area contributed by atoms with Gasteiger partial charge in [-0.2, -0.15) is 0 Å². The summed E-state index contributed by atoms with van der Waals surface area (Å²) >= 11 is 1.90. The fourth-order valence-electron chi connectivity index (χ4n) is 3.72. The minimum absolute atomic E-state index is 1.08. The van der Waals surface area contributed by atoms with Gasteiger partial charge in [0.25, 0.3) is 0 Å². The third kappa shape index (κ3) is 1.55. The SMILES string of the molecule is c1ccc2c(c1)c1c(c3ccccc32)Cc2sccc2C1. The summed E-state index contributed by atoms with van der Waals surface area (Å²) in [4.78, 5) is 1.54. The molecule has 0 saturated heterocycles. The Balaban J connectivity index is 1.98. The van der Waals surface area contributed by atoms with Gasteiger partial charge in [0.1, 0.15) is 0 Å². The highest BCUT2D eigenvalue weighted by atomic mass is 32.1. The number of hydrogen-bond donors (Lipinski definition) is 0. The van der Waals surface area contributed by atoms with Crippen LogP contribution < -0.4 is 0 Å². The average molecular weight is 286 g/mol. The second-order valence-electron chi connectivity index (χ2n) is 5.77. The molecule has 21 heavy (non-hydrogen) atoms. The van der Waals surface area contributed by atoms with Crippen molar-refractivity contribution in [3.05, 3.63) is 81.5 Å². The summed E-state index contributed by atoms with van der Waals surface area (Å²) in [7, 11) is 0. The summed E-state index contributed by atoms with van der Waals surface area (Å²) in [5, 5.41) is 7.90. The smallest absolute Gasteiger partial charge is 0.0125 e. The molecule has 5 rings (SSSR count). The van der Waals surface area contributed by atoms with Crippen LogP contribution >= 0.6 is 11.3 Å². The van der Waals surface area contributed by atoms with E-state index >= 15 is 0 Å². The Labute approximate surface area is 127 Å². The molecule has 1 heteroatoms. The fraction of sp³-hybridized carbons (Fsp3) is 0.100. The topological polar surface area (TPSA) is 0 Å². The first-order valence-corrected chi connectivity index (χ1v) is 8.26. The summed E-state index contributed by atoms with van der Waals surface area (Å²) in [6.45, 7) is 0. The van der Waals surface area contributed by atoms with E-state index in [0.717, 1.165) is 12.8 Å². The quantitative estimate of drug-likeness (QED) is 0.327. The predicted molar refractivity (Wildman–Crippen MR) is 91.4 cm³/mol. The van der Waals surface area contributed by atoms with E-state index in [1.54, 1.807) is 10.4 Å². The Morgan fingerprint density at radius 1 is 0.619 bits per heavy atom. The van der Waals surface area contributed by atoms with Crippen molar-refractivity contribution in [2.24, 2.45) is 0 Å². The third-order valence-electron chi connectivity index (χ3n) is 4.70. The van der Waals surface area contributed by atoms with Crippen LogP contribution in [0.1, 0.15) is 21.6 Å². The molecule has 0 bridgehead atoms. The molecular formula is C20H14S. The van der Waals surface area contributed by atoms with E-state index in [9.17, 15) is 0 Å². The Morgan fingerprint density at radius 2 is 1.19 bits per heavy atom. The van der Waals surface area contributed by atoms with Crippen LogP contribution in [0.15, 0.2) is 60.0 Å². The lowest BCUT2D eigenvalue weighted by molar-refractivity contribution is 1.06. The zero-order valence-corrected chi connectivity index (χ0v) is 12.4. The fourth-order valence-corrected chi connectivity index (χ4v) is 4.64. The molecule has 0 N–H and O–H groups in total. The highest BCUT2D eigenvalue weighted by molar-refractivity contribution is 7.10. The van der Waals surface area contributed by atoms with Gasteiger partial charge in [-0.25, -0.2) is 0 Å². The van der Waals surface area contributed by atoms with E-state index < -0.39 is 0 Å². The third-order valence-corrected chi connectivity index (χ3v) is 5.66. The highest BCUT2D eigenvalue weighted by Gasteiger charge is 2.21. The van der Waals surface area contributed by atoms with Gasteiger partial charge in [0.15, 0.2) is 0 Å². The molecule has 0 aliphatic heterocycles. The van der Waals surface area contributed by atoms with Gasteiger partial charge in [0.2, 0.25) is 0 Å². The van der Waals surface area contributed by atoms with Crippen molar-refractivity contribution >= 4 is 32.9 Å². The van der Waals surface area contributed by atoms with Gasteiger partial charge >= 0.3 is 0 Å². The van der Waals surface area contributed by atoms with Crippen molar-refractivity contribution in [3.8, 4) is 0 Å². The Hall–Kier alpha value is -2.12. The molecule has 0 radical (unpaired) electrons. The minimum Gasteiger partial charge on any atom is -0.148 e. The first-order valence-electron chi connectivity index (χ1n) is 7.38. The van der Waals surface area contributed by atoms with E-state index in [0.29, 0.717) is 0 Å². The van der Waals surface area contributed by atoms with Gasteiger partial charge in [-0.3, -0.25) is 0 Å². The number of rotatable bonds is 0. The van der Waals surface area contributed by atoms with Crippen LogP contribution in [0.4, 0.5) is 0 Å². The molecule has 0 amide bonds. The maximum Gasteiger partial charge on any atom is 0.0125 e. The Bertz CT molecular complexity index is 912. The summed E-state index contributed by atoms with van der Waals surface area (Å²) in [5.41, 5.74) is 4.60. The van der Waals surface area contributed by atoms with Crippen LogP contribution in [0.3, 0.4) is 0 Å². The van der Waals surface area contributed by atoms with Crippen LogP contribution in [0.25, 0.3) is 21.5 Å². The lowest BCUT2D eigenvalue weighted by Gasteiger charge is -2.21. The molecule has 0 fully saturated rings. The lowest BCUT2D eigenvalue weighted by Crippen LogP contribution is -2.06. The highest BCUT2D eigenvalue weighted by Crippen LogP contribution is 2.40. The summed E-state index contributed by atoms with van der Waals surface area (Å²) in [6, 6.07) is 20.1. The van der Waals surface area contributed by atoms with Gasteiger partial charge in [-0.05, 0) is 56.1 Å². The van der Waals surface area contributed by atoms with Crippen LogP contribution in [-0.2, 0) is 12.8 Å². The summed E-state index contributed by atoms with van der Waals surface area (Å²) in [5.74, 6) is 0. The molecule has 1 heterocycles. The second-order valence-corrected chi connectivity index (χ2v) is 6.77. The van der Waals surface area contributed by atoms with Crippen molar-refractivity contribution in [1.29, 1.82) is 0 Å². The molecule has 0 spiro atoms. The maximum absolute atomic E-state index is 2.30. The normalized spacial score (nSPS) is 13.3. The monoisotopic (exact) mass is 286 g/mol. The van der Waals surface area contributed by atoms with Gasteiger partial charge in [0, 0.05) is 11.3 Å². The lowest BCUT2D eigenvalue weighted by atomic mass is 9.83. The van der Waals surface area contributed by atoms with Gasteiger partial charge in [-0.1, -0.05) is 48.5 Å². The van der Waals surface area contributed by atoms with Crippen molar-refractivity contribution in [1.82, 2.24) is 0 Å². The van der Waals surface area contributed by atoms with Crippen LogP contribution in [-0.4, -0.2) is 0 Å². The van der Waals surface area contributed by atoms with E-state index in [-0.39, 0.29) is 0 Å². The Morgan fingerprint density at radius 3 is 1.86 bits per heavy atom. The first-order chi connectivity index (χ1) is 10.4. The van der Waals surface area contributed by atoms with E-state index in [2.05, 4.69) is 60.0 Å². The Kier molecular flexibility index (Phi) is 2.30. The van der Waals surface area contributed by atoms with Crippen LogP contribution in [0.2, 0.25) is 0 Å². The molecular weight excluding hydrogens is 272 g/mol. The predicted octanol–water partition coefficient (Wildman–Crippen LogP) is 5.55. The van der Waals surface area contributed by atoms with Crippen LogP contribution in [0, 0.1) is 0 Å². The molecule has 1 aliphatic carbocycles. The van der Waals surface area contributed by atoms with Crippen molar-refractivity contribution in [2.45, 2.75) is 12.8 Å². The molecule has 0 atom stereocenters. The molecule has 4 aromatic rings. The summed E-state index contributed by atoms with van der Waals surface area (Å²) in [6.07, 6.45) is 2.17. The molecule has 100 valence electrons. The average Bonchev–Trinajstić information content (AvgIpc) is 3.01. The van der Waals surface area contributed by atoms with Crippen molar-refractivity contribution in [3.63, 3.8) is 0 Å². The number of hydrogen-bond acceptors (Lipinski definition) is 1. The molecule has 0 saturated carbocycles. The number of thiophene rings is 1. The number of fused-ring (bicyclic) bond motifs is 7. The van der Waals surface area contributed by atoms with Crippen LogP contribution in [0.5, 0.6) is 0 Å². The molecule has 0 nitrogen and oxygen atoms in total. The molecule has 0 unspecified atom stereocenters. The summed E-state index contributed by atoms with van der Waals surface area (Å²) < 4.78 is 0. The van der Waals surface area contributed by atoms with Gasteiger partial charge in [-0.15, -0.1) is 11.3 Å². The standard InChI is InChI=1S/C20H14S/c1-3-7-16-14(5-1)15-6-2-4-8-17(15)19-12-20-13(9-10-21-20)11-18(16)19/h1-10H,11-12H2. The minimum atomic E-state index is 1.08. The van der Waals surface area contributed by atoms with Crippen molar-refractivity contribution in [2.75, 3.05) is 0 Å². The maximum atomic E-state index is 2.30. The molecule has 1 aliphatic rings. The molecule has 3 aromatic carbocycles. The van der Waals surface area contributed by atoms with E-state index in [1.165, 1.54) is 32.7 Å². The van der Waals surface area contributed by atoms with E-state index in [4.69, 9.17) is 0 Å². The zero-order chi connectivity index (χ0) is 13.8. The number of benzene rings is 3. The second kappa shape index (κ2) is 4.19. The first kappa shape index (κ1) is 11.5. The van der Waals surface area contributed by atoms with Gasteiger partial charge in [0.05, 0.1) is 0 Å². The van der Waals surface area contributed by atoms with Gasteiger partial charge < -0.3 is 0 Å². The largest absolute Gasteiger partial charge is 0.148 e. The molecule has 1 aromatic heterocycles. The van der Waals surface area contributed by atoms with Crippen molar-refractivity contribution < 1.29 is 0 Å². The zero-order valence-electron chi connectivity index (χ0n) is 11.6. The van der Waals surface area contributed by atoms with E-state index in [1.807, 2.05) is 11.3 Å².